The number of nitrogens with one attached hydrogen (secondary N) is 1. The molecule has 3 unspecified atom stereocenters. The zero-order valence-corrected chi connectivity index (χ0v) is 12.3. The zero-order chi connectivity index (χ0) is 13.9. The van der Waals surface area contributed by atoms with Crippen LogP contribution in [0.15, 0.2) is 18.2 Å². The van der Waals surface area contributed by atoms with Crippen LogP contribution in [0.2, 0.25) is 0 Å². The number of fused-ring (bicyclic) bond motifs is 1. The van der Waals surface area contributed by atoms with E-state index in [1.807, 2.05) is 0 Å². The lowest BCUT2D eigenvalue weighted by Crippen LogP contribution is -2.29. The molecule has 1 fully saturated rings. The van der Waals surface area contributed by atoms with Gasteiger partial charge in [0.2, 0.25) is 0 Å². The van der Waals surface area contributed by atoms with E-state index >= 15 is 0 Å². The molecule has 1 aromatic rings. The highest BCUT2D eigenvalue weighted by Crippen LogP contribution is 2.35. The second-order valence-corrected chi connectivity index (χ2v) is 6.20. The summed E-state index contributed by atoms with van der Waals surface area (Å²) in [5.41, 5.74) is 2.86. The van der Waals surface area contributed by atoms with Gasteiger partial charge in [0.1, 0.15) is 5.75 Å². The van der Waals surface area contributed by atoms with E-state index in [0.29, 0.717) is 24.5 Å². The quantitative estimate of drug-likeness (QED) is 0.868. The minimum Gasteiger partial charge on any atom is -0.497 e. The molecule has 1 aromatic carbocycles. The first-order valence-corrected chi connectivity index (χ1v) is 7.83. The summed E-state index contributed by atoms with van der Waals surface area (Å²) in [5.74, 6) is 2.11. The summed E-state index contributed by atoms with van der Waals surface area (Å²) in [6.45, 7) is 1.38. The van der Waals surface area contributed by atoms with Crippen molar-refractivity contribution in [3.63, 3.8) is 0 Å². The van der Waals surface area contributed by atoms with Gasteiger partial charge in [0.25, 0.3) is 0 Å². The molecule has 3 atom stereocenters. The molecule has 0 spiro atoms. The number of ether oxygens (including phenoxy) is 1. The third-order valence-corrected chi connectivity index (χ3v) is 5.11. The molecular weight excluding hydrogens is 250 g/mol. The molecule has 0 aliphatic heterocycles. The van der Waals surface area contributed by atoms with Crippen molar-refractivity contribution in [2.75, 3.05) is 20.3 Å². The standard InChI is InChI=1S/C17H25NO2/c1-20-15-7-5-12-6-8-17(16(12)9-15)18-10-13-3-2-4-14(13)11-19/h5,7,9,13-14,17-19H,2-4,6,8,10-11H2,1H3. The van der Waals surface area contributed by atoms with Crippen LogP contribution in [0.1, 0.15) is 42.9 Å². The van der Waals surface area contributed by atoms with Crippen molar-refractivity contribution in [1.29, 1.82) is 0 Å². The first-order chi connectivity index (χ1) is 9.81. The van der Waals surface area contributed by atoms with E-state index in [4.69, 9.17) is 4.74 Å². The van der Waals surface area contributed by atoms with Gasteiger partial charge in [-0.15, -0.1) is 0 Å². The van der Waals surface area contributed by atoms with E-state index in [-0.39, 0.29) is 0 Å². The highest BCUT2D eigenvalue weighted by Gasteiger charge is 2.28. The Morgan fingerprint density at radius 1 is 1.25 bits per heavy atom. The van der Waals surface area contributed by atoms with Gasteiger partial charge in [-0.3, -0.25) is 0 Å². The molecule has 3 rings (SSSR count). The van der Waals surface area contributed by atoms with Crippen molar-refractivity contribution < 1.29 is 9.84 Å². The van der Waals surface area contributed by atoms with Crippen molar-refractivity contribution >= 4 is 0 Å². The molecule has 0 amide bonds. The first-order valence-electron chi connectivity index (χ1n) is 7.83. The third kappa shape index (κ3) is 2.70. The predicted molar refractivity (Wildman–Crippen MR) is 80.0 cm³/mol. The Hall–Kier alpha value is -1.06. The molecule has 3 heteroatoms. The molecule has 2 aliphatic rings. The minimum absolute atomic E-state index is 0.349. The van der Waals surface area contributed by atoms with Gasteiger partial charge in [-0.05, 0) is 67.3 Å². The molecule has 0 radical (unpaired) electrons. The fraction of sp³-hybridized carbons (Fsp3) is 0.647. The van der Waals surface area contributed by atoms with Gasteiger partial charge >= 0.3 is 0 Å². The van der Waals surface area contributed by atoms with Crippen LogP contribution in [0.25, 0.3) is 0 Å². The smallest absolute Gasteiger partial charge is 0.119 e. The maximum atomic E-state index is 9.41. The van der Waals surface area contributed by atoms with Gasteiger partial charge in [-0.2, -0.15) is 0 Å². The van der Waals surface area contributed by atoms with Crippen LogP contribution in [0.5, 0.6) is 5.75 Å². The highest BCUT2D eigenvalue weighted by atomic mass is 16.5. The molecule has 3 nitrogen and oxygen atoms in total. The molecule has 2 aliphatic carbocycles. The lowest BCUT2D eigenvalue weighted by atomic mass is 9.96. The van der Waals surface area contributed by atoms with Crippen molar-refractivity contribution in [3.05, 3.63) is 29.3 Å². The van der Waals surface area contributed by atoms with E-state index < -0.39 is 0 Å². The number of rotatable bonds is 5. The molecule has 1 saturated carbocycles. The van der Waals surface area contributed by atoms with Crippen LogP contribution >= 0.6 is 0 Å². The second-order valence-electron chi connectivity index (χ2n) is 6.20. The van der Waals surface area contributed by atoms with Gasteiger partial charge < -0.3 is 15.2 Å². The van der Waals surface area contributed by atoms with Crippen LogP contribution in [-0.4, -0.2) is 25.4 Å². The zero-order valence-electron chi connectivity index (χ0n) is 12.3. The summed E-state index contributed by atoms with van der Waals surface area (Å²) in [5, 5.41) is 13.1. The lowest BCUT2D eigenvalue weighted by molar-refractivity contribution is 0.190. The minimum atomic E-state index is 0.349. The Bertz CT molecular complexity index is 460. The van der Waals surface area contributed by atoms with Gasteiger partial charge in [0, 0.05) is 12.6 Å². The van der Waals surface area contributed by atoms with Crippen molar-refractivity contribution in [3.8, 4) is 5.75 Å². The Morgan fingerprint density at radius 3 is 2.90 bits per heavy atom. The third-order valence-electron chi connectivity index (χ3n) is 5.11. The molecule has 0 heterocycles. The van der Waals surface area contributed by atoms with Crippen molar-refractivity contribution in [1.82, 2.24) is 5.32 Å². The van der Waals surface area contributed by atoms with Crippen LogP contribution in [0, 0.1) is 11.8 Å². The maximum absolute atomic E-state index is 9.41. The Labute approximate surface area is 121 Å². The van der Waals surface area contributed by atoms with Crippen LogP contribution < -0.4 is 10.1 Å². The van der Waals surface area contributed by atoms with Crippen LogP contribution in [-0.2, 0) is 6.42 Å². The molecule has 110 valence electrons. The average Bonchev–Trinajstić information content (AvgIpc) is 3.10. The summed E-state index contributed by atoms with van der Waals surface area (Å²) >= 11 is 0. The maximum Gasteiger partial charge on any atom is 0.119 e. The highest BCUT2D eigenvalue weighted by molar-refractivity contribution is 5.40. The molecule has 0 saturated heterocycles. The molecule has 0 aromatic heterocycles. The number of aliphatic hydroxyl groups is 1. The Kier molecular flexibility index (Phi) is 4.27. The Morgan fingerprint density at radius 2 is 2.10 bits per heavy atom. The number of hydrogen-bond donors (Lipinski definition) is 2. The monoisotopic (exact) mass is 275 g/mol. The van der Waals surface area contributed by atoms with Gasteiger partial charge in [0.05, 0.1) is 7.11 Å². The summed E-state index contributed by atoms with van der Waals surface area (Å²) < 4.78 is 5.34. The fourth-order valence-corrected chi connectivity index (χ4v) is 3.84. The molecule has 20 heavy (non-hydrogen) atoms. The largest absolute Gasteiger partial charge is 0.497 e. The summed E-state index contributed by atoms with van der Waals surface area (Å²) in [7, 11) is 1.73. The fourth-order valence-electron chi connectivity index (χ4n) is 3.84. The van der Waals surface area contributed by atoms with Gasteiger partial charge in [-0.25, -0.2) is 0 Å². The Balaban J connectivity index is 1.63. The summed E-state index contributed by atoms with van der Waals surface area (Å²) in [4.78, 5) is 0. The second kappa shape index (κ2) is 6.15. The number of aliphatic hydroxyl groups excluding tert-OH is 1. The number of hydrogen-bond acceptors (Lipinski definition) is 3. The predicted octanol–water partition coefficient (Wildman–Crippen LogP) is 2.68. The lowest BCUT2D eigenvalue weighted by Gasteiger charge is -2.21. The SMILES string of the molecule is COc1ccc2c(c1)C(NCC1CCCC1CO)CC2. The summed E-state index contributed by atoms with van der Waals surface area (Å²) in [6, 6.07) is 6.89. The number of benzene rings is 1. The van der Waals surface area contributed by atoms with E-state index in [2.05, 4.69) is 23.5 Å². The molecular formula is C17H25NO2. The van der Waals surface area contributed by atoms with E-state index in [1.54, 1.807) is 7.11 Å². The van der Waals surface area contributed by atoms with Crippen LogP contribution in [0.4, 0.5) is 0 Å². The van der Waals surface area contributed by atoms with Gasteiger partial charge in [-0.1, -0.05) is 12.5 Å². The van der Waals surface area contributed by atoms with Gasteiger partial charge in [0.15, 0.2) is 0 Å². The topological polar surface area (TPSA) is 41.5 Å². The number of aryl methyl sites for hydroxylation is 1. The van der Waals surface area contributed by atoms with E-state index in [9.17, 15) is 5.11 Å². The van der Waals surface area contributed by atoms with Crippen molar-refractivity contribution in [2.45, 2.75) is 38.1 Å². The number of methoxy groups -OCH3 is 1. The van der Waals surface area contributed by atoms with E-state index in [1.165, 1.54) is 36.8 Å². The van der Waals surface area contributed by atoms with E-state index in [0.717, 1.165) is 18.7 Å². The normalized spacial score (nSPS) is 28.6. The van der Waals surface area contributed by atoms with Crippen molar-refractivity contribution in [2.24, 2.45) is 11.8 Å². The molecule has 0 bridgehead atoms. The first kappa shape index (κ1) is 13.9. The average molecular weight is 275 g/mol. The summed E-state index contributed by atoms with van der Waals surface area (Å²) in [6.07, 6.45) is 6.06. The molecule has 2 N–H and O–H groups in total. The van der Waals surface area contributed by atoms with Crippen LogP contribution in [0.3, 0.4) is 0 Å².